The van der Waals surface area contributed by atoms with Crippen LogP contribution in [0.15, 0.2) is 16.8 Å². The lowest BCUT2D eigenvalue weighted by Crippen LogP contribution is -2.24. The first-order valence-corrected chi connectivity index (χ1v) is 8.00. The number of hydrogen-bond acceptors (Lipinski definition) is 5. The van der Waals surface area contributed by atoms with E-state index in [1.165, 1.54) is 7.11 Å². The van der Waals surface area contributed by atoms with Crippen molar-refractivity contribution >= 4 is 27.1 Å². The van der Waals surface area contributed by atoms with E-state index in [1.807, 2.05) is 16.8 Å². The van der Waals surface area contributed by atoms with Gasteiger partial charge in [0.25, 0.3) is 0 Å². The SMILES string of the molecule is COC(=O)C(C)CS(=O)(=O)CCc1ccsc1. The normalized spacial score (nSPS) is 13.3. The minimum Gasteiger partial charge on any atom is -0.469 e. The van der Waals surface area contributed by atoms with Gasteiger partial charge in [-0.3, -0.25) is 4.79 Å². The number of thiophene rings is 1. The molecule has 0 aliphatic rings. The quantitative estimate of drug-likeness (QED) is 0.739. The van der Waals surface area contributed by atoms with E-state index < -0.39 is 21.7 Å². The van der Waals surface area contributed by atoms with Crippen LogP contribution in [0.1, 0.15) is 12.5 Å². The average molecular weight is 276 g/mol. The predicted molar refractivity (Wildman–Crippen MR) is 67.9 cm³/mol. The third-order valence-electron chi connectivity index (χ3n) is 2.39. The maximum atomic E-state index is 11.8. The zero-order valence-electron chi connectivity index (χ0n) is 9.88. The molecule has 0 radical (unpaired) electrons. The van der Waals surface area contributed by atoms with E-state index in [0.717, 1.165) is 5.56 Å². The Kier molecular flexibility index (Phi) is 5.14. The number of carbonyl (C=O) groups is 1. The van der Waals surface area contributed by atoms with Gasteiger partial charge in [-0.15, -0.1) is 0 Å². The lowest BCUT2D eigenvalue weighted by Gasteiger charge is -2.09. The maximum absolute atomic E-state index is 11.8. The molecule has 6 heteroatoms. The highest BCUT2D eigenvalue weighted by atomic mass is 32.2. The van der Waals surface area contributed by atoms with Crippen LogP contribution in [-0.4, -0.2) is 33.0 Å². The fraction of sp³-hybridized carbons (Fsp3) is 0.545. The van der Waals surface area contributed by atoms with E-state index in [-0.39, 0.29) is 11.5 Å². The van der Waals surface area contributed by atoms with Gasteiger partial charge < -0.3 is 4.74 Å². The molecular formula is C11H16O4S2. The van der Waals surface area contributed by atoms with Gasteiger partial charge in [-0.2, -0.15) is 11.3 Å². The van der Waals surface area contributed by atoms with E-state index in [9.17, 15) is 13.2 Å². The summed E-state index contributed by atoms with van der Waals surface area (Å²) in [6, 6.07) is 1.91. The van der Waals surface area contributed by atoms with Gasteiger partial charge in [0.2, 0.25) is 0 Å². The molecule has 0 aromatic carbocycles. The van der Waals surface area contributed by atoms with Crippen molar-refractivity contribution < 1.29 is 17.9 Å². The molecule has 4 nitrogen and oxygen atoms in total. The molecule has 0 fully saturated rings. The number of sulfone groups is 1. The maximum Gasteiger partial charge on any atom is 0.309 e. The molecule has 0 aliphatic heterocycles. The predicted octanol–water partition coefficient (Wildman–Crippen LogP) is 1.51. The highest BCUT2D eigenvalue weighted by molar-refractivity contribution is 7.91. The Morgan fingerprint density at radius 3 is 2.76 bits per heavy atom. The van der Waals surface area contributed by atoms with Crippen LogP contribution >= 0.6 is 11.3 Å². The average Bonchev–Trinajstić information content (AvgIpc) is 2.77. The van der Waals surface area contributed by atoms with Crippen LogP contribution in [0.25, 0.3) is 0 Å². The Labute approximate surface area is 106 Å². The second-order valence-corrected chi connectivity index (χ2v) is 6.93. The number of methoxy groups -OCH3 is 1. The van der Waals surface area contributed by atoms with Crippen molar-refractivity contribution in [3.63, 3.8) is 0 Å². The summed E-state index contributed by atoms with van der Waals surface area (Å²) in [6.45, 7) is 1.56. The minimum absolute atomic E-state index is 0.0745. The number of esters is 1. The van der Waals surface area contributed by atoms with Gasteiger partial charge in [0.05, 0.1) is 24.5 Å². The van der Waals surface area contributed by atoms with Gasteiger partial charge in [-0.1, -0.05) is 6.92 Å². The second kappa shape index (κ2) is 6.16. The zero-order chi connectivity index (χ0) is 12.9. The molecule has 0 N–H and O–H groups in total. The number of ether oxygens (including phenoxy) is 1. The Bertz CT molecular complexity index is 448. The molecule has 0 aliphatic carbocycles. The van der Waals surface area contributed by atoms with Crippen molar-refractivity contribution in [1.29, 1.82) is 0 Å². The van der Waals surface area contributed by atoms with E-state index in [1.54, 1.807) is 18.3 Å². The molecule has 0 saturated heterocycles. The molecule has 1 aromatic heterocycles. The summed E-state index contributed by atoms with van der Waals surface area (Å²) in [7, 11) is -1.95. The number of aryl methyl sites for hydroxylation is 1. The monoisotopic (exact) mass is 276 g/mol. The van der Waals surface area contributed by atoms with Crippen LogP contribution < -0.4 is 0 Å². The van der Waals surface area contributed by atoms with Gasteiger partial charge >= 0.3 is 5.97 Å². The van der Waals surface area contributed by atoms with Crippen LogP contribution in [0.2, 0.25) is 0 Å². The summed E-state index contributed by atoms with van der Waals surface area (Å²) in [5.74, 6) is -1.16. The molecule has 1 unspecified atom stereocenters. The van der Waals surface area contributed by atoms with Crippen molar-refractivity contribution in [1.82, 2.24) is 0 Å². The van der Waals surface area contributed by atoms with Crippen molar-refractivity contribution in [3.05, 3.63) is 22.4 Å². The summed E-state index contributed by atoms with van der Waals surface area (Å²) in [5, 5.41) is 3.85. The zero-order valence-corrected chi connectivity index (χ0v) is 11.5. The lowest BCUT2D eigenvalue weighted by atomic mass is 10.2. The minimum atomic E-state index is -3.21. The standard InChI is InChI=1S/C11H16O4S2/c1-9(11(12)15-2)8-17(13,14)6-4-10-3-5-16-7-10/h3,5,7,9H,4,6,8H2,1-2H3. The molecule has 0 amide bonds. The summed E-state index contributed by atoms with van der Waals surface area (Å²) in [5.41, 5.74) is 1.02. The number of hydrogen-bond donors (Lipinski definition) is 0. The van der Waals surface area contributed by atoms with Crippen molar-refractivity contribution in [2.45, 2.75) is 13.3 Å². The second-order valence-electron chi connectivity index (χ2n) is 3.92. The molecule has 0 bridgehead atoms. The first-order chi connectivity index (χ1) is 7.94. The molecular weight excluding hydrogens is 260 g/mol. The van der Waals surface area contributed by atoms with E-state index in [4.69, 9.17) is 0 Å². The van der Waals surface area contributed by atoms with Crippen molar-refractivity contribution in [3.8, 4) is 0 Å². The summed E-state index contributed by atoms with van der Waals surface area (Å²) in [4.78, 5) is 11.1. The van der Waals surface area contributed by atoms with Crippen LogP contribution in [0.5, 0.6) is 0 Å². The van der Waals surface area contributed by atoms with Crippen molar-refractivity contribution in [2.24, 2.45) is 5.92 Å². The summed E-state index contributed by atoms with van der Waals surface area (Å²) < 4.78 is 28.0. The number of carbonyl (C=O) groups excluding carboxylic acids is 1. The fourth-order valence-corrected chi connectivity index (χ4v) is 3.76. The van der Waals surface area contributed by atoms with Crippen molar-refractivity contribution in [2.75, 3.05) is 18.6 Å². The van der Waals surface area contributed by atoms with Gasteiger partial charge in [-0.25, -0.2) is 8.42 Å². The molecule has 1 heterocycles. The number of rotatable bonds is 6. The molecule has 96 valence electrons. The lowest BCUT2D eigenvalue weighted by molar-refractivity contribution is -0.144. The first-order valence-electron chi connectivity index (χ1n) is 5.24. The highest BCUT2D eigenvalue weighted by Gasteiger charge is 2.21. The molecule has 17 heavy (non-hydrogen) atoms. The van der Waals surface area contributed by atoms with Gasteiger partial charge in [-0.05, 0) is 28.8 Å². The smallest absolute Gasteiger partial charge is 0.309 e. The molecule has 1 rings (SSSR count). The summed E-state index contributed by atoms with van der Waals surface area (Å²) in [6.07, 6.45) is 0.500. The van der Waals surface area contributed by atoms with Crippen LogP contribution in [0.3, 0.4) is 0 Å². The van der Waals surface area contributed by atoms with E-state index in [2.05, 4.69) is 4.74 Å². The topological polar surface area (TPSA) is 60.4 Å². The molecule has 1 atom stereocenters. The summed E-state index contributed by atoms with van der Waals surface area (Å²) >= 11 is 1.54. The van der Waals surface area contributed by atoms with Gasteiger partial charge in [0, 0.05) is 0 Å². The molecule has 1 aromatic rings. The Hall–Kier alpha value is -0.880. The third-order valence-corrected chi connectivity index (χ3v) is 4.96. The van der Waals surface area contributed by atoms with E-state index in [0.29, 0.717) is 6.42 Å². The Balaban J connectivity index is 2.49. The third kappa shape index (κ3) is 4.87. The Morgan fingerprint density at radius 2 is 2.24 bits per heavy atom. The van der Waals surface area contributed by atoms with Crippen LogP contribution in [0.4, 0.5) is 0 Å². The largest absolute Gasteiger partial charge is 0.469 e. The van der Waals surface area contributed by atoms with Crippen LogP contribution in [0, 0.1) is 5.92 Å². The highest BCUT2D eigenvalue weighted by Crippen LogP contribution is 2.10. The van der Waals surface area contributed by atoms with Gasteiger partial charge in [0.1, 0.15) is 0 Å². The fourth-order valence-electron chi connectivity index (χ4n) is 1.44. The van der Waals surface area contributed by atoms with E-state index >= 15 is 0 Å². The Morgan fingerprint density at radius 1 is 1.53 bits per heavy atom. The molecule has 0 spiro atoms. The van der Waals surface area contributed by atoms with Crippen LogP contribution in [-0.2, 0) is 25.8 Å². The molecule has 0 saturated carbocycles. The first kappa shape index (κ1) is 14.2. The van der Waals surface area contributed by atoms with Gasteiger partial charge in [0.15, 0.2) is 9.84 Å².